The number of carbonyl (C=O) groups excluding carboxylic acids is 1. The number of hydrogen-bond donors (Lipinski definition) is 0. The van der Waals surface area contributed by atoms with E-state index in [0.717, 1.165) is 12.2 Å². The first kappa shape index (κ1) is 9.11. The topological polar surface area (TPSA) is 26.3 Å². The Morgan fingerprint density at radius 1 is 1.78 bits per heavy atom. The molecule has 9 heavy (non-hydrogen) atoms. The van der Waals surface area contributed by atoms with E-state index in [0.29, 0.717) is 6.61 Å². The minimum absolute atomic E-state index is 0.227. The Morgan fingerprint density at radius 2 is 2.44 bits per heavy atom. The van der Waals surface area contributed by atoms with Crippen molar-refractivity contribution in [1.29, 1.82) is 0 Å². The van der Waals surface area contributed by atoms with Crippen molar-refractivity contribution in [2.24, 2.45) is 0 Å². The molecule has 0 amide bonds. The van der Waals surface area contributed by atoms with Gasteiger partial charge in [-0.15, -0.1) is 0 Å². The van der Waals surface area contributed by atoms with Gasteiger partial charge in [0.2, 0.25) is 0 Å². The first-order chi connectivity index (χ1) is 4.27. The lowest BCUT2D eigenvalue weighted by Crippen LogP contribution is -2.00. The van der Waals surface area contributed by atoms with Gasteiger partial charge in [0, 0.05) is 12.7 Å². The highest BCUT2D eigenvalue weighted by atomic mass is 35.7. The van der Waals surface area contributed by atoms with Crippen LogP contribution >= 0.6 is 21.7 Å². The van der Waals surface area contributed by atoms with Crippen LogP contribution in [0.5, 0.6) is 0 Å². The molecule has 0 aliphatic carbocycles. The predicted molar refractivity (Wildman–Crippen MR) is 39.6 cm³/mol. The molecule has 0 aromatic rings. The monoisotopic (exact) mass is 168 g/mol. The van der Waals surface area contributed by atoms with Gasteiger partial charge >= 0.3 is 5.97 Å². The van der Waals surface area contributed by atoms with Crippen molar-refractivity contribution in [3.05, 3.63) is 0 Å². The molecule has 2 nitrogen and oxygen atoms in total. The highest BCUT2D eigenvalue weighted by Gasteiger charge is 1.90. The summed E-state index contributed by atoms with van der Waals surface area (Å²) in [5.74, 6) is 0.601. The number of esters is 1. The fraction of sp³-hybridized carbons (Fsp3) is 0.800. The second kappa shape index (κ2) is 6.23. The molecule has 0 aliphatic heterocycles. The van der Waals surface area contributed by atoms with E-state index in [-0.39, 0.29) is 5.97 Å². The Hall–Kier alpha value is 0.110. The zero-order valence-corrected chi connectivity index (χ0v) is 6.80. The average molecular weight is 169 g/mol. The van der Waals surface area contributed by atoms with Crippen LogP contribution in [0.1, 0.15) is 13.3 Å². The maximum Gasteiger partial charge on any atom is 0.302 e. The quantitative estimate of drug-likeness (QED) is 0.473. The number of ether oxygens (including phenoxy) is 1. The summed E-state index contributed by atoms with van der Waals surface area (Å²) in [6.45, 7) is 1.88. The van der Waals surface area contributed by atoms with Crippen molar-refractivity contribution in [3.8, 4) is 0 Å². The van der Waals surface area contributed by atoms with E-state index in [1.807, 2.05) is 0 Å². The molecular weight excluding hydrogens is 160 g/mol. The summed E-state index contributed by atoms with van der Waals surface area (Å²) in [5, 5.41) is 0. The Bertz CT molecular complexity index is 87.0. The van der Waals surface area contributed by atoms with E-state index >= 15 is 0 Å². The number of rotatable bonds is 4. The minimum Gasteiger partial charge on any atom is -0.466 e. The smallest absolute Gasteiger partial charge is 0.302 e. The summed E-state index contributed by atoms with van der Waals surface area (Å²) in [5.41, 5.74) is 0. The van der Waals surface area contributed by atoms with Crippen LogP contribution in [-0.2, 0) is 9.53 Å². The Balaban J connectivity index is 2.83. The average Bonchev–Trinajstić information content (AvgIpc) is 1.80. The first-order valence-corrected chi connectivity index (χ1v) is 4.45. The summed E-state index contributed by atoms with van der Waals surface area (Å²) in [4.78, 5) is 10.1. The van der Waals surface area contributed by atoms with Crippen molar-refractivity contribution in [3.63, 3.8) is 0 Å². The maximum atomic E-state index is 10.1. The van der Waals surface area contributed by atoms with Gasteiger partial charge in [-0.2, -0.15) is 0 Å². The number of hydrogen-bond acceptors (Lipinski definition) is 3. The molecule has 0 aromatic heterocycles. The predicted octanol–water partition coefficient (Wildman–Crippen LogP) is 1.83. The summed E-state index contributed by atoms with van der Waals surface area (Å²) in [7, 11) is 6.53. The van der Waals surface area contributed by atoms with E-state index in [2.05, 4.69) is 4.74 Å². The van der Waals surface area contributed by atoms with E-state index in [1.165, 1.54) is 17.9 Å². The van der Waals surface area contributed by atoms with E-state index in [1.54, 1.807) is 0 Å². The second-order valence-electron chi connectivity index (χ2n) is 1.51. The third-order valence-electron chi connectivity index (χ3n) is 0.671. The molecule has 0 aliphatic rings. The van der Waals surface area contributed by atoms with Crippen LogP contribution in [0.25, 0.3) is 0 Å². The highest BCUT2D eigenvalue weighted by molar-refractivity contribution is 8.21. The summed E-state index contributed by atoms with van der Waals surface area (Å²) >= 11 is 0. The molecule has 0 bridgehead atoms. The third kappa shape index (κ3) is 8.11. The van der Waals surface area contributed by atoms with Gasteiger partial charge in [-0.3, -0.25) is 4.79 Å². The van der Waals surface area contributed by atoms with Crippen LogP contribution in [-0.4, -0.2) is 18.3 Å². The lowest BCUT2D eigenvalue weighted by molar-refractivity contribution is -0.140. The molecule has 0 fully saturated rings. The van der Waals surface area contributed by atoms with Gasteiger partial charge in [-0.25, -0.2) is 0 Å². The zero-order valence-electron chi connectivity index (χ0n) is 5.22. The lowest BCUT2D eigenvalue weighted by Gasteiger charge is -1.97. The summed E-state index contributed by atoms with van der Waals surface area (Å²) < 4.78 is 4.63. The molecule has 0 atom stereocenters. The van der Waals surface area contributed by atoms with Gasteiger partial charge in [0.05, 0.1) is 6.61 Å². The molecule has 0 radical (unpaired) electrons. The van der Waals surface area contributed by atoms with Crippen LogP contribution in [0.15, 0.2) is 0 Å². The van der Waals surface area contributed by atoms with Crippen LogP contribution in [0, 0.1) is 0 Å². The fourth-order valence-corrected chi connectivity index (χ4v) is 0.884. The minimum atomic E-state index is -0.227. The highest BCUT2D eigenvalue weighted by Crippen LogP contribution is 2.06. The molecule has 0 spiro atoms. The first-order valence-electron chi connectivity index (χ1n) is 2.64. The van der Waals surface area contributed by atoms with Crippen LogP contribution in [0.2, 0.25) is 0 Å². The van der Waals surface area contributed by atoms with Crippen LogP contribution in [0.3, 0.4) is 0 Å². The molecule has 4 heteroatoms. The Labute approximate surface area is 63.4 Å². The Morgan fingerprint density at radius 3 is 2.89 bits per heavy atom. The SMILES string of the molecule is CC(=O)OCCCSCl. The van der Waals surface area contributed by atoms with E-state index in [4.69, 9.17) is 10.7 Å². The summed E-state index contributed by atoms with van der Waals surface area (Å²) in [6, 6.07) is 0. The molecule has 0 N–H and O–H groups in total. The molecule has 0 unspecified atom stereocenters. The van der Waals surface area contributed by atoms with Crippen LogP contribution < -0.4 is 0 Å². The lowest BCUT2D eigenvalue weighted by atomic mass is 10.5. The molecular formula is C5H9ClO2S. The molecule has 0 rings (SSSR count). The van der Waals surface area contributed by atoms with Gasteiger partial charge in [0.25, 0.3) is 0 Å². The van der Waals surface area contributed by atoms with E-state index in [9.17, 15) is 4.79 Å². The number of halogens is 1. The molecule has 0 saturated heterocycles. The molecule has 0 aromatic carbocycles. The second-order valence-corrected chi connectivity index (χ2v) is 2.79. The van der Waals surface area contributed by atoms with Gasteiger partial charge in [0.1, 0.15) is 0 Å². The van der Waals surface area contributed by atoms with Crippen molar-refractivity contribution >= 4 is 27.6 Å². The molecule has 0 heterocycles. The van der Waals surface area contributed by atoms with Gasteiger partial charge in [-0.05, 0) is 17.1 Å². The molecule has 0 saturated carbocycles. The molecule has 54 valence electrons. The van der Waals surface area contributed by atoms with Crippen molar-refractivity contribution in [2.45, 2.75) is 13.3 Å². The maximum absolute atomic E-state index is 10.1. The fourth-order valence-electron chi connectivity index (χ4n) is 0.329. The van der Waals surface area contributed by atoms with Crippen molar-refractivity contribution in [1.82, 2.24) is 0 Å². The number of carbonyl (C=O) groups is 1. The van der Waals surface area contributed by atoms with Crippen molar-refractivity contribution < 1.29 is 9.53 Å². The standard InChI is InChI=1S/C5H9ClO2S/c1-5(7)8-3-2-4-9-6/h2-4H2,1H3. The van der Waals surface area contributed by atoms with Crippen LogP contribution in [0.4, 0.5) is 0 Å². The van der Waals surface area contributed by atoms with Gasteiger partial charge < -0.3 is 4.74 Å². The van der Waals surface area contributed by atoms with Gasteiger partial charge in [-0.1, -0.05) is 11.0 Å². The van der Waals surface area contributed by atoms with Gasteiger partial charge in [0.15, 0.2) is 0 Å². The summed E-state index contributed by atoms with van der Waals surface area (Å²) in [6.07, 6.45) is 0.827. The largest absolute Gasteiger partial charge is 0.466 e. The Kier molecular flexibility index (Phi) is 6.31. The van der Waals surface area contributed by atoms with E-state index < -0.39 is 0 Å². The third-order valence-corrected chi connectivity index (χ3v) is 1.58. The van der Waals surface area contributed by atoms with Crippen molar-refractivity contribution in [2.75, 3.05) is 12.4 Å². The normalized spacial score (nSPS) is 9.11. The zero-order chi connectivity index (χ0) is 7.11.